The van der Waals surface area contributed by atoms with Gasteiger partial charge in [-0.25, -0.2) is 0 Å². The largest absolute Gasteiger partial charge is 0.493 e. The molecule has 0 aromatic heterocycles. The van der Waals surface area contributed by atoms with Gasteiger partial charge in [0.1, 0.15) is 5.75 Å². The van der Waals surface area contributed by atoms with Gasteiger partial charge in [-0.2, -0.15) is 0 Å². The molecule has 0 amide bonds. The van der Waals surface area contributed by atoms with Crippen LogP contribution in [-0.2, 0) is 12.8 Å². The van der Waals surface area contributed by atoms with Crippen LogP contribution in [0.15, 0.2) is 29.3 Å². The van der Waals surface area contributed by atoms with Gasteiger partial charge in [0.05, 0.1) is 6.61 Å². The molecule has 1 aliphatic rings. The van der Waals surface area contributed by atoms with E-state index in [9.17, 15) is 0 Å². The first-order valence-corrected chi connectivity index (χ1v) is 6.76. The molecule has 17 heavy (non-hydrogen) atoms. The predicted molar refractivity (Wildman–Crippen MR) is 74.7 cm³/mol. The molecule has 0 aliphatic carbocycles. The molecular weight excluding hydrogens is 278 g/mol. The molecule has 1 aromatic carbocycles. The molecule has 1 aliphatic heterocycles. The van der Waals surface area contributed by atoms with Gasteiger partial charge in [0, 0.05) is 16.9 Å². The number of rotatable bonds is 5. The topological polar surface area (TPSA) is 21.3 Å². The van der Waals surface area contributed by atoms with Gasteiger partial charge in [-0.05, 0) is 43.1 Å². The van der Waals surface area contributed by atoms with E-state index in [-0.39, 0.29) is 0 Å². The van der Waals surface area contributed by atoms with Gasteiger partial charge in [0.15, 0.2) is 0 Å². The smallest absolute Gasteiger partial charge is 0.125 e. The van der Waals surface area contributed by atoms with Crippen LogP contribution in [0, 0.1) is 0 Å². The van der Waals surface area contributed by atoms with Crippen molar-refractivity contribution in [2.45, 2.75) is 25.3 Å². The Hall–Kier alpha value is -0.800. The molecule has 2 nitrogen and oxygen atoms in total. The number of likely N-dealkylation sites (N-methyl/N-ethyl adjacent to an activating group) is 1. The molecule has 1 atom stereocenters. The van der Waals surface area contributed by atoms with Crippen LogP contribution in [0.2, 0.25) is 0 Å². The van der Waals surface area contributed by atoms with E-state index >= 15 is 0 Å². The van der Waals surface area contributed by atoms with Crippen LogP contribution in [0.3, 0.4) is 0 Å². The highest BCUT2D eigenvalue weighted by atomic mass is 79.9. The van der Waals surface area contributed by atoms with E-state index in [1.807, 2.05) is 13.1 Å². The van der Waals surface area contributed by atoms with Gasteiger partial charge in [0.2, 0.25) is 0 Å². The van der Waals surface area contributed by atoms with Crippen LogP contribution in [0.25, 0.3) is 0 Å². The van der Waals surface area contributed by atoms with Crippen molar-refractivity contribution in [1.82, 2.24) is 5.32 Å². The standard InChI is InChI=1S/C14H18BrNO/c1-3-4-13(16-2)9-11-8-12(15)7-10-5-6-17-14(10)11/h3,7-8,13,16H,1,4-6,9H2,2H3. The van der Waals surface area contributed by atoms with Gasteiger partial charge in [-0.3, -0.25) is 0 Å². The summed E-state index contributed by atoms with van der Waals surface area (Å²) >= 11 is 3.57. The Morgan fingerprint density at radius 2 is 2.41 bits per heavy atom. The number of ether oxygens (including phenoxy) is 1. The number of nitrogens with one attached hydrogen (secondary N) is 1. The number of hydrogen-bond donors (Lipinski definition) is 1. The lowest BCUT2D eigenvalue weighted by Gasteiger charge is -2.16. The van der Waals surface area contributed by atoms with E-state index in [4.69, 9.17) is 4.74 Å². The van der Waals surface area contributed by atoms with E-state index in [0.717, 1.165) is 36.1 Å². The molecule has 92 valence electrons. The molecule has 0 saturated heterocycles. The van der Waals surface area contributed by atoms with Crippen molar-refractivity contribution in [3.8, 4) is 5.75 Å². The van der Waals surface area contributed by atoms with Gasteiger partial charge in [-0.1, -0.05) is 22.0 Å². The summed E-state index contributed by atoms with van der Waals surface area (Å²) in [5, 5.41) is 3.32. The summed E-state index contributed by atoms with van der Waals surface area (Å²) in [7, 11) is 1.99. The zero-order chi connectivity index (χ0) is 12.3. The highest BCUT2D eigenvalue weighted by Crippen LogP contribution is 2.33. The third-order valence-electron chi connectivity index (χ3n) is 3.15. The fraction of sp³-hybridized carbons (Fsp3) is 0.429. The molecule has 0 bridgehead atoms. The van der Waals surface area contributed by atoms with E-state index in [1.165, 1.54) is 11.1 Å². The number of halogens is 1. The Bertz CT molecular complexity index is 417. The number of hydrogen-bond acceptors (Lipinski definition) is 2. The van der Waals surface area contributed by atoms with Crippen molar-refractivity contribution in [1.29, 1.82) is 0 Å². The predicted octanol–water partition coefficient (Wildman–Crippen LogP) is 3.09. The molecule has 1 aromatic rings. The molecule has 1 heterocycles. The maximum Gasteiger partial charge on any atom is 0.125 e. The fourth-order valence-electron chi connectivity index (χ4n) is 2.27. The van der Waals surface area contributed by atoms with Crippen molar-refractivity contribution < 1.29 is 4.74 Å². The molecule has 0 fully saturated rings. The summed E-state index contributed by atoms with van der Waals surface area (Å²) in [5.74, 6) is 1.09. The lowest BCUT2D eigenvalue weighted by atomic mass is 10.00. The summed E-state index contributed by atoms with van der Waals surface area (Å²) in [6.45, 7) is 4.61. The molecule has 1 unspecified atom stereocenters. The van der Waals surface area contributed by atoms with Crippen molar-refractivity contribution >= 4 is 15.9 Å². The first kappa shape index (κ1) is 12.7. The van der Waals surface area contributed by atoms with Crippen molar-refractivity contribution in [2.75, 3.05) is 13.7 Å². The van der Waals surface area contributed by atoms with E-state index in [1.54, 1.807) is 0 Å². The van der Waals surface area contributed by atoms with E-state index in [0.29, 0.717) is 6.04 Å². The SMILES string of the molecule is C=CCC(Cc1cc(Br)cc2c1OCC2)NC. The highest BCUT2D eigenvalue weighted by molar-refractivity contribution is 9.10. The zero-order valence-electron chi connectivity index (χ0n) is 10.1. The van der Waals surface area contributed by atoms with Crippen molar-refractivity contribution in [3.63, 3.8) is 0 Å². The normalized spacial score (nSPS) is 15.2. The van der Waals surface area contributed by atoms with Gasteiger partial charge >= 0.3 is 0 Å². The molecule has 2 rings (SSSR count). The van der Waals surface area contributed by atoms with E-state index in [2.05, 4.69) is 40.0 Å². The Morgan fingerprint density at radius 3 is 3.12 bits per heavy atom. The first-order valence-electron chi connectivity index (χ1n) is 5.97. The third kappa shape index (κ3) is 2.90. The van der Waals surface area contributed by atoms with Crippen LogP contribution < -0.4 is 10.1 Å². The third-order valence-corrected chi connectivity index (χ3v) is 3.61. The first-order chi connectivity index (χ1) is 8.24. The Labute approximate surface area is 111 Å². The minimum Gasteiger partial charge on any atom is -0.493 e. The second-order valence-electron chi connectivity index (χ2n) is 4.37. The summed E-state index contributed by atoms with van der Waals surface area (Å²) < 4.78 is 6.88. The van der Waals surface area contributed by atoms with Crippen molar-refractivity contribution in [2.24, 2.45) is 0 Å². The maximum absolute atomic E-state index is 5.73. The number of benzene rings is 1. The molecule has 0 spiro atoms. The van der Waals surface area contributed by atoms with Gasteiger partial charge < -0.3 is 10.1 Å². The van der Waals surface area contributed by atoms with Crippen molar-refractivity contribution in [3.05, 3.63) is 40.4 Å². The lowest BCUT2D eigenvalue weighted by molar-refractivity contribution is 0.351. The summed E-state index contributed by atoms with van der Waals surface area (Å²) in [6, 6.07) is 4.75. The average Bonchev–Trinajstić information content (AvgIpc) is 2.76. The molecule has 0 radical (unpaired) electrons. The monoisotopic (exact) mass is 295 g/mol. The molecule has 1 N–H and O–H groups in total. The van der Waals surface area contributed by atoms with Gasteiger partial charge in [0.25, 0.3) is 0 Å². The lowest BCUT2D eigenvalue weighted by Crippen LogP contribution is -2.27. The average molecular weight is 296 g/mol. The molecule has 0 saturated carbocycles. The van der Waals surface area contributed by atoms with Crippen LogP contribution >= 0.6 is 15.9 Å². The second kappa shape index (κ2) is 5.69. The van der Waals surface area contributed by atoms with Crippen LogP contribution in [0.4, 0.5) is 0 Å². The Morgan fingerprint density at radius 1 is 1.59 bits per heavy atom. The zero-order valence-corrected chi connectivity index (χ0v) is 11.7. The minimum absolute atomic E-state index is 0.426. The minimum atomic E-state index is 0.426. The Kier molecular flexibility index (Phi) is 4.24. The molecular formula is C14H18BrNO. The van der Waals surface area contributed by atoms with Crippen LogP contribution in [0.1, 0.15) is 17.5 Å². The van der Waals surface area contributed by atoms with Gasteiger partial charge in [-0.15, -0.1) is 6.58 Å². The Balaban J connectivity index is 2.23. The van der Waals surface area contributed by atoms with Crippen LogP contribution in [0.5, 0.6) is 5.75 Å². The highest BCUT2D eigenvalue weighted by Gasteiger charge is 2.19. The summed E-state index contributed by atoms with van der Waals surface area (Å²) in [6.07, 6.45) is 4.93. The summed E-state index contributed by atoms with van der Waals surface area (Å²) in [4.78, 5) is 0. The van der Waals surface area contributed by atoms with Crippen LogP contribution in [-0.4, -0.2) is 19.7 Å². The summed E-state index contributed by atoms with van der Waals surface area (Å²) in [5.41, 5.74) is 2.61. The maximum atomic E-state index is 5.73. The number of fused-ring (bicyclic) bond motifs is 1. The second-order valence-corrected chi connectivity index (χ2v) is 5.28. The fourth-order valence-corrected chi connectivity index (χ4v) is 2.82. The molecule has 3 heteroatoms. The van der Waals surface area contributed by atoms with E-state index < -0.39 is 0 Å². The quantitative estimate of drug-likeness (QED) is 0.843.